The van der Waals surface area contributed by atoms with Crippen molar-refractivity contribution in [3.8, 4) is 18.1 Å². The molecule has 4 nitrogen and oxygen atoms in total. The van der Waals surface area contributed by atoms with Crippen molar-refractivity contribution >= 4 is 12.2 Å². The summed E-state index contributed by atoms with van der Waals surface area (Å²) in [5.41, 5.74) is 0.198. The molecule has 0 spiro atoms. The average Bonchev–Trinajstić information content (AvgIpc) is 2.38. The summed E-state index contributed by atoms with van der Waals surface area (Å²) in [4.78, 5) is 21.9. The van der Waals surface area contributed by atoms with Crippen molar-refractivity contribution in [2.24, 2.45) is 0 Å². The zero-order valence-corrected chi connectivity index (χ0v) is 9.77. The smallest absolute Gasteiger partial charge is 0.261 e. The maximum atomic E-state index is 13.5. The van der Waals surface area contributed by atoms with E-state index in [9.17, 15) is 14.0 Å². The molecule has 0 radical (unpaired) electrons. The molecule has 0 fully saturated rings. The van der Waals surface area contributed by atoms with Crippen LogP contribution in [0.2, 0.25) is 0 Å². The monoisotopic (exact) mass is 249 g/mol. The second kappa shape index (κ2) is 6.40. The van der Waals surface area contributed by atoms with Crippen LogP contribution in [0, 0.1) is 18.2 Å². The number of ether oxygens (including phenoxy) is 1. The van der Waals surface area contributed by atoms with Crippen molar-refractivity contribution in [1.82, 2.24) is 5.32 Å². The number of hydrogen-bond donors (Lipinski definition) is 1. The highest BCUT2D eigenvalue weighted by molar-refractivity contribution is 5.81. The fourth-order valence-electron chi connectivity index (χ4n) is 1.21. The lowest BCUT2D eigenvalue weighted by Crippen LogP contribution is -2.36. The number of carbonyl (C=O) groups excluding carboxylic acids is 2. The lowest BCUT2D eigenvalue weighted by Gasteiger charge is -2.14. The molecule has 1 aromatic rings. The molecular formula is C13H12FNO3. The van der Waals surface area contributed by atoms with Crippen LogP contribution in [0.25, 0.3) is 0 Å². The Morgan fingerprint density at radius 2 is 2.39 bits per heavy atom. The molecule has 0 heterocycles. The van der Waals surface area contributed by atoms with Crippen molar-refractivity contribution in [3.63, 3.8) is 0 Å². The molecule has 1 aromatic carbocycles. The van der Waals surface area contributed by atoms with Gasteiger partial charge in [0, 0.05) is 5.56 Å². The fourth-order valence-corrected chi connectivity index (χ4v) is 1.21. The number of halogens is 1. The molecule has 5 heteroatoms. The Hall–Kier alpha value is -2.35. The van der Waals surface area contributed by atoms with E-state index in [0.29, 0.717) is 6.29 Å². The van der Waals surface area contributed by atoms with Crippen LogP contribution in [0.15, 0.2) is 18.2 Å². The van der Waals surface area contributed by atoms with Crippen LogP contribution < -0.4 is 10.1 Å². The van der Waals surface area contributed by atoms with Crippen molar-refractivity contribution in [2.75, 3.05) is 6.54 Å². The summed E-state index contributed by atoms with van der Waals surface area (Å²) >= 11 is 0. The molecule has 0 aliphatic carbocycles. The Bertz CT molecular complexity index is 493. The molecular weight excluding hydrogens is 237 g/mol. The minimum Gasteiger partial charge on any atom is -0.478 e. The molecule has 0 saturated carbocycles. The number of carbonyl (C=O) groups is 2. The molecule has 0 aliphatic rings. The first-order chi connectivity index (χ1) is 8.58. The van der Waals surface area contributed by atoms with Crippen LogP contribution in [-0.4, -0.2) is 24.8 Å². The van der Waals surface area contributed by atoms with Crippen molar-refractivity contribution in [2.45, 2.75) is 13.0 Å². The van der Waals surface area contributed by atoms with Crippen LogP contribution in [0.3, 0.4) is 0 Å². The third-order valence-corrected chi connectivity index (χ3v) is 2.13. The second-order valence-electron chi connectivity index (χ2n) is 3.49. The van der Waals surface area contributed by atoms with E-state index in [-0.39, 0.29) is 17.9 Å². The molecule has 0 bridgehead atoms. The van der Waals surface area contributed by atoms with Gasteiger partial charge < -0.3 is 10.1 Å². The van der Waals surface area contributed by atoms with Crippen LogP contribution in [0.1, 0.15) is 17.3 Å². The summed E-state index contributed by atoms with van der Waals surface area (Å²) in [7, 11) is 0. The quantitative estimate of drug-likeness (QED) is 0.629. The highest BCUT2D eigenvalue weighted by Crippen LogP contribution is 2.18. The molecule has 1 N–H and O–H groups in total. The molecule has 1 amide bonds. The maximum Gasteiger partial charge on any atom is 0.261 e. The Morgan fingerprint density at radius 3 is 2.94 bits per heavy atom. The van der Waals surface area contributed by atoms with E-state index in [1.165, 1.54) is 19.1 Å². The van der Waals surface area contributed by atoms with Crippen LogP contribution >= 0.6 is 0 Å². The predicted molar refractivity (Wildman–Crippen MR) is 63.7 cm³/mol. The van der Waals surface area contributed by atoms with Gasteiger partial charge in [-0.1, -0.05) is 5.92 Å². The lowest BCUT2D eigenvalue weighted by molar-refractivity contribution is -0.127. The third-order valence-electron chi connectivity index (χ3n) is 2.13. The SMILES string of the molecule is C#CCNC(=O)C(C)Oc1ccc(C=O)cc1F. The van der Waals surface area contributed by atoms with Gasteiger partial charge in [0.05, 0.1) is 6.54 Å². The van der Waals surface area contributed by atoms with Crippen LogP contribution in [0.5, 0.6) is 5.75 Å². The topological polar surface area (TPSA) is 55.4 Å². The van der Waals surface area contributed by atoms with Gasteiger partial charge in [-0.05, 0) is 25.1 Å². The molecule has 1 rings (SSSR count). The summed E-state index contributed by atoms with van der Waals surface area (Å²) in [6.45, 7) is 1.55. The van der Waals surface area contributed by atoms with Gasteiger partial charge in [-0.3, -0.25) is 9.59 Å². The zero-order chi connectivity index (χ0) is 13.5. The van der Waals surface area contributed by atoms with Crippen LogP contribution in [-0.2, 0) is 4.79 Å². The van der Waals surface area contributed by atoms with Gasteiger partial charge in [-0.25, -0.2) is 4.39 Å². The Labute approximate surface area is 104 Å². The fraction of sp³-hybridized carbons (Fsp3) is 0.231. The van der Waals surface area contributed by atoms with Gasteiger partial charge in [0.1, 0.15) is 6.29 Å². The number of terminal acetylenes is 1. The molecule has 0 aliphatic heterocycles. The Morgan fingerprint density at radius 1 is 1.67 bits per heavy atom. The van der Waals surface area contributed by atoms with Gasteiger partial charge in [0.25, 0.3) is 5.91 Å². The van der Waals surface area contributed by atoms with E-state index in [1.54, 1.807) is 0 Å². The standard InChI is InChI=1S/C13H12FNO3/c1-3-6-15-13(17)9(2)18-12-5-4-10(8-16)7-11(12)14/h1,4-5,7-9H,6H2,2H3,(H,15,17). The predicted octanol–water partition coefficient (Wildman–Crippen LogP) is 1.15. The number of rotatable bonds is 5. The lowest BCUT2D eigenvalue weighted by atomic mass is 10.2. The van der Waals surface area contributed by atoms with Crippen LogP contribution in [0.4, 0.5) is 4.39 Å². The van der Waals surface area contributed by atoms with E-state index in [2.05, 4.69) is 11.2 Å². The van der Waals surface area contributed by atoms with Gasteiger partial charge >= 0.3 is 0 Å². The van der Waals surface area contributed by atoms with Gasteiger partial charge in [-0.2, -0.15) is 0 Å². The number of benzene rings is 1. The summed E-state index contributed by atoms with van der Waals surface area (Å²) < 4.78 is 18.6. The molecule has 0 aromatic heterocycles. The average molecular weight is 249 g/mol. The van der Waals surface area contributed by atoms with Crippen molar-refractivity contribution < 1.29 is 18.7 Å². The minimum atomic E-state index is -0.880. The molecule has 18 heavy (non-hydrogen) atoms. The van der Waals surface area contributed by atoms with Gasteiger partial charge in [0.15, 0.2) is 17.7 Å². The van der Waals surface area contributed by atoms with E-state index < -0.39 is 17.8 Å². The Balaban J connectivity index is 2.70. The largest absolute Gasteiger partial charge is 0.478 e. The highest BCUT2D eigenvalue weighted by Gasteiger charge is 2.15. The minimum absolute atomic E-state index is 0.0824. The normalized spacial score (nSPS) is 11.2. The van der Waals surface area contributed by atoms with Crippen molar-refractivity contribution in [1.29, 1.82) is 0 Å². The van der Waals surface area contributed by atoms with E-state index in [1.807, 2.05) is 0 Å². The van der Waals surface area contributed by atoms with E-state index in [4.69, 9.17) is 11.2 Å². The highest BCUT2D eigenvalue weighted by atomic mass is 19.1. The van der Waals surface area contributed by atoms with E-state index in [0.717, 1.165) is 6.07 Å². The molecule has 1 atom stereocenters. The summed E-state index contributed by atoms with van der Waals surface area (Å²) in [5.74, 6) is 1.01. The molecule has 0 saturated heterocycles. The number of amides is 1. The number of aldehydes is 1. The summed E-state index contributed by atoms with van der Waals surface area (Å²) in [6, 6.07) is 3.73. The van der Waals surface area contributed by atoms with Gasteiger partial charge in [0.2, 0.25) is 0 Å². The van der Waals surface area contributed by atoms with E-state index >= 15 is 0 Å². The number of hydrogen-bond acceptors (Lipinski definition) is 3. The third kappa shape index (κ3) is 3.59. The Kier molecular flexibility index (Phi) is 4.88. The summed E-state index contributed by atoms with van der Waals surface area (Å²) in [6.07, 6.45) is 4.63. The zero-order valence-electron chi connectivity index (χ0n) is 9.77. The maximum absolute atomic E-state index is 13.5. The second-order valence-corrected chi connectivity index (χ2v) is 3.49. The van der Waals surface area contributed by atoms with Gasteiger partial charge in [-0.15, -0.1) is 6.42 Å². The molecule has 94 valence electrons. The first-order valence-corrected chi connectivity index (χ1v) is 5.21. The number of nitrogens with one attached hydrogen (secondary N) is 1. The first kappa shape index (κ1) is 13.7. The first-order valence-electron chi connectivity index (χ1n) is 5.21. The summed E-state index contributed by atoms with van der Waals surface area (Å²) in [5, 5.41) is 2.42. The van der Waals surface area contributed by atoms with Crippen molar-refractivity contribution in [3.05, 3.63) is 29.6 Å². The molecule has 1 unspecified atom stereocenters.